The molecule has 0 amide bonds. The summed E-state index contributed by atoms with van der Waals surface area (Å²) < 4.78 is 141. The zero-order valence-corrected chi connectivity index (χ0v) is 17.6. The molecule has 0 saturated carbocycles. The zero-order valence-electron chi connectivity index (χ0n) is 17.6. The van der Waals surface area contributed by atoms with E-state index in [2.05, 4.69) is 9.97 Å². The van der Waals surface area contributed by atoms with E-state index in [1.54, 1.807) is 0 Å². The minimum Gasteiger partial charge on any atom is -0.311 e. The monoisotopic (exact) mass is 535 g/mol. The van der Waals surface area contributed by atoms with Crippen LogP contribution in [0.4, 0.5) is 43.9 Å². The molecule has 0 bridgehead atoms. The van der Waals surface area contributed by atoms with Gasteiger partial charge >= 0.3 is 0 Å². The molecule has 6 nitrogen and oxygen atoms in total. The molecule has 0 radical (unpaired) electrons. The molecule has 0 atom stereocenters. The van der Waals surface area contributed by atoms with Gasteiger partial charge in [-0.1, -0.05) is 0 Å². The maximum absolute atomic E-state index is 14.2. The van der Waals surface area contributed by atoms with Crippen LogP contribution in [0.25, 0.3) is 16.9 Å². The van der Waals surface area contributed by atoms with E-state index in [-0.39, 0.29) is 5.65 Å². The molecule has 2 aromatic carbocycles. The van der Waals surface area contributed by atoms with Gasteiger partial charge in [0.25, 0.3) is 5.56 Å². The first-order valence-corrected chi connectivity index (χ1v) is 9.86. The number of hydrogen-bond acceptors (Lipinski definition) is 3. The van der Waals surface area contributed by atoms with Crippen molar-refractivity contribution in [3.63, 3.8) is 0 Å². The average molecular weight is 535 g/mol. The maximum Gasteiger partial charge on any atom is 0.283 e. The Balaban J connectivity index is 1.71. The molecule has 16 heteroatoms. The van der Waals surface area contributed by atoms with Gasteiger partial charge in [0.2, 0.25) is 17.4 Å². The van der Waals surface area contributed by atoms with E-state index in [1.165, 1.54) is 0 Å². The molecule has 0 N–H and O–H groups in total. The van der Waals surface area contributed by atoms with Crippen molar-refractivity contribution in [1.29, 1.82) is 0 Å². The molecular formula is C21H7F10N5O. The first kappa shape index (κ1) is 24.3. The van der Waals surface area contributed by atoms with Crippen molar-refractivity contribution in [1.82, 2.24) is 23.5 Å². The van der Waals surface area contributed by atoms with Crippen LogP contribution in [0.3, 0.4) is 0 Å². The smallest absolute Gasteiger partial charge is 0.283 e. The highest BCUT2D eigenvalue weighted by molar-refractivity contribution is 5.73. The summed E-state index contributed by atoms with van der Waals surface area (Å²) in [6.07, 6.45) is 3.01. The Kier molecular flexibility index (Phi) is 5.49. The molecule has 5 aromatic rings. The minimum atomic E-state index is -2.40. The summed E-state index contributed by atoms with van der Waals surface area (Å²) >= 11 is 0. The van der Waals surface area contributed by atoms with Gasteiger partial charge in [0, 0.05) is 23.5 Å². The summed E-state index contributed by atoms with van der Waals surface area (Å²) in [5.74, 6) is -22.7. The van der Waals surface area contributed by atoms with Gasteiger partial charge in [-0.3, -0.25) is 13.8 Å². The maximum atomic E-state index is 14.2. The lowest BCUT2D eigenvalue weighted by atomic mass is 10.1. The predicted molar refractivity (Wildman–Crippen MR) is 103 cm³/mol. The molecule has 0 aliphatic heterocycles. The van der Waals surface area contributed by atoms with E-state index in [0.29, 0.717) is 4.57 Å². The number of benzene rings is 2. The zero-order chi connectivity index (χ0) is 26.9. The Hall–Kier alpha value is -4.37. The lowest BCUT2D eigenvalue weighted by Crippen LogP contribution is -2.26. The van der Waals surface area contributed by atoms with Crippen LogP contribution in [0.1, 0.15) is 11.1 Å². The highest BCUT2D eigenvalue weighted by Gasteiger charge is 2.29. The highest BCUT2D eigenvalue weighted by atomic mass is 19.2. The van der Waals surface area contributed by atoms with Gasteiger partial charge in [-0.15, -0.1) is 0 Å². The SMILES string of the molecule is O=c1c2ncn(Cc3c(F)c(F)c(F)c(F)c3F)c2n2ccnc2n1Cc1c(F)c(F)c(F)c(F)c1F. The minimum absolute atomic E-state index is 0.282. The second kappa shape index (κ2) is 8.35. The fraction of sp³-hybridized carbons (Fsp3) is 0.0952. The van der Waals surface area contributed by atoms with Gasteiger partial charge in [-0.05, 0) is 0 Å². The lowest BCUT2D eigenvalue weighted by Gasteiger charge is -2.13. The fourth-order valence-corrected chi connectivity index (χ4v) is 3.82. The van der Waals surface area contributed by atoms with Crippen LogP contribution >= 0.6 is 0 Å². The first-order chi connectivity index (χ1) is 17.5. The Morgan fingerprint density at radius 1 is 0.622 bits per heavy atom. The molecular weight excluding hydrogens is 528 g/mol. The van der Waals surface area contributed by atoms with Crippen molar-refractivity contribution in [2.45, 2.75) is 13.1 Å². The molecule has 192 valence electrons. The van der Waals surface area contributed by atoms with Crippen LogP contribution in [-0.4, -0.2) is 23.5 Å². The van der Waals surface area contributed by atoms with Crippen molar-refractivity contribution >= 4 is 16.9 Å². The molecule has 3 heterocycles. The lowest BCUT2D eigenvalue weighted by molar-refractivity contribution is 0.368. The van der Waals surface area contributed by atoms with E-state index in [0.717, 1.165) is 27.7 Å². The summed E-state index contributed by atoms with van der Waals surface area (Å²) in [5.41, 5.74) is -4.61. The number of imidazole rings is 2. The van der Waals surface area contributed by atoms with Gasteiger partial charge in [0.1, 0.15) is 0 Å². The number of halogens is 10. The third-order valence-corrected chi connectivity index (χ3v) is 5.59. The Morgan fingerprint density at radius 3 is 1.59 bits per heavy atom. The Morgan fingerprint density at radius 2 is 1.08 bits per heavy atom. The van der Waals surface area contributed by atoms with Crippen LogP contribution in [0.15, 0.2) is 23.5 Å². The molecule has 3 aromatic heterocycles. The molecule has 5 rings (SSSR count). The van der Waals surface area contributed by atoms with Crippen molar-refractivity contribution in [2.75, 3.05) is 0 Å². The van der Waals surface area contributed by atoms with Gasteiger partial charge in [0.05, 0.1) is 19.4 Å². The van der Waals surface area contributed by atoms with E-state index in [4.69, 9.17) is 0 Å². The number of nitrogens with zero attached hydrogens (tertiary/aromatic N) is 5. The Bertz CT molecular complexity index is 1770. The average Bonchev–Trinajstić information content (AvgIpc) is 3.53. The topological polar surface area (TPSA) is 57.1 Å². The third-order valence-electron chi connectivity index (χ3n) is 5.59. The van der Waals surface area contributed by atoms with Crippen LogP contribution in [0.5, 0.6) is 0 Å². The van der Waals surface area contributed by atoms with E-state index >= 15 is 0 Å². The van der Waals surface area contributed by atoms with E-state index in [1.807, 2.05) is 0 Å². The van der Waals surface area contributed by atoms with Crippen LogP contribution in [0.2, 0.25) is 0 Å². The summed E-state index contributed by atoms with van der Waals surface area (Å²) in [4.78, 5) is 20.6. The Labute approximate surface area is 196 Å². The number of aromatic nitrogens is 5. The summed E-state index contributed by atoms with van der Waals surface area (Å²) in [5, 5.41) is 0. The molecule has 37 heavy (non-hydrogen) atoms. The first-order valence-electron chi connectivity index (χ1n) is 9.86. The normalized spacial score (nSPS) is 11.8. The van der Waals surface area contributed by atoms with Crippen molar-refractivity contribution in [3.8, 4) is 0 Å². The third kappa shape index (κ3) is 3.38. The standard InChI is InChI=1S/C21H7F10N5O/c22-8-6(9(23)13(27)16(30)12(8)26)3-34-5-33-18-19(34)35-2-1-32-21(35)36(20(18)37)4-7-10(24)14(28)17(31)15(29)11(7)25/h1-2,5H,3-4H2. The molecule has 0 fully saturated rings. The van der Waals surface area contributed by atoms with E-state index < -0.39 is 99.2 Å². The van der Waals surface area contributed by atoms with Gasteiger partial charge in [-0.25, -0.2) is 53.9 Å². The number of hydrogen-bond donors (Lipinski definition) is 0. The molecule has 0 aliphatic carbocycles. The molecule has 0 aliphatic rings. The quantitative estimate of drug-likeness (QED) is 0.196. The second-order valence-corrected chi connectivity index (χ2v) is 7.63. The number of fused-ring (bicyclic) bond motifs is 3. The van der Waals surface area contributed by atoms with Gasteiger partial charge < -0.3 is 4.57 Å². The largest absolute Gasteiger partial charge is 0.311 e. The molecule has 0 saturated heterocycles. The van der Waals surface area contributed by atoms with Crippen LogP contribution < -0.4 is 5.56 Å². The van der Waals surface area contributed by atoms with Crippen molar-refractivity contribution in [3.05, 3.63) is 98.4 Å². The van der Waals surface area contributed by atoms with Crippen LogP contribution in [0, 0.1) is 58.2 Å². The van der Waals surface area contributed by atoms with Gasteiger partial charge in [0.15, 0.2) is 57.7 Å². The fourth-order valence-electron chi connectivity index (χ4n) is 3.82. The predicted octanol–water partition coefficient (Wildman–Crippen LogP) is 4.33. The van der Waals surface area contributed by atoms with E-state index in [9.17, 15) is 48.7 Å². The number of rotatable bonds is 4. The highest BCUT2D eigenvalue weighted by Crippen LogP contribution is 2.26. The van der Waals surface area contributed by atoms with Crippen molar-refractivity contribution in [2.24, 2.45) is 0 Å². The second-order valence-electron chi connectivity index (χ2n) is 7.63. The summed E-state index contributed by atoms with van der Waals surface area (Å²) in [6, 6.07) is 0. The van der Waals surface area contributed by atoms with Gasteiger partial charge in [-0.2, -0.15) is 0 Å². The summed E-state index contributed by atoms with van der Waals surface area (Å²) in [7, 11) is 0. The summed E-state index contributed by atoms with van der Waals surface area (Å²) in [6.45, 7) is -2.19. The van der Waals surface area contributed by atoms with Crippen LogP contribution in [-0.2, 0) is 13.1 Å². The molecule has 0 spiro atoms. The van der Waals surface area contributed by atoms with Crippen molar-refractivity contribution < 1.29 is 43.9 Å². The molecule has 0 unspecified atom stereocenters.